The lowest BCUT2D eigenvalue weighted by Crippen LogP contribution is -2.70. The second-order valence-corrected chi connectivity index (χ2v) is 18.0. The van der Waals surface area contributed by atoms with Crippen LogP contribution in [0.15, 0.2) is 24.3 Å². The van der Waals surface area contributed by atoms with Gasteiger partial charge in [0.05, 0.1) is 13.2 Å². The zero-order valence-corrected chi connectivity index (χ0v) is 32.8. The standard InChI is InChI=1S/C44H58O10/c1-27-16-18-35-29(3)37(47-39-43(35)33(27)20-22-41(5,49-39)51-53-43)45-24-9-7-12-31-14-11-15-32(26-31)13-8-10-25-46-38-30(4)36-19-17-28(2)34-21-23-42(6)50-40(48-38)44(34,36)54-52-42/h11,14-15,26-30,33-40H,9-10,16-25H2,1-6H3/t27-,28-,29-,30-,33+,34+,35+,36+,37?,38?,39-,40-,41-,42-,43-,44-/m1/s1. The van der Waals surface area contributed by atoms with Crippen molar-refractivity contribution in [2.45, 2.75) is 154 Å². The molecule has 10 nitrogen and oxygen atoms in total. The number of ether oxygens (including phenoxy) is 6. The number of fused-ring (bicyclic) bond motifs is 4. The molecule has 2 spiro atoms. The first kappa shape index (κ1) is 37.5. The monoisotopic (exact) mass is 746 g/mol. The zero-order valence-electron chi connectivity index (χ0n) is 32.8. The van der Waals surface area contributed by atoms with E-state index in [0.29, 0.717) is 49.7 Å². The van der Waals surface area contributed by atoms with Gasteiger partial charge in [-0.3, -0.25) is 0 Å². The Morgan fingerprint density at radius 2 is 1.07 bits per heavy atom. The van der Waals surface area contributed by atoms with E-state index in [-0.39, 0.29) is 36.3 Å². The highest BCUT2D eigenvalue weighted by Crippen LogP contribution is 2.62. The van der Waals surface area contributed by atoms with Crippen LogP contribution < -0.4 is 0 Å². The lowest BCUT2D eigenvalue weighted by atomic mass is 9.58. The maximum Gasteiger partial charge on any atom is 0.201 e. The van der Waals surface area contributed by atoms with E-state index < -0.39 is 35.4 Å². The van der Waals surface area contributed by atoms with Gasteiger partial charge < -0.3 is 28.4 Å². The van der Waals surface area contributed by atoms with Crippen LogP contribution >= 0.6 is 0 Å². The van der Waals surface area contributed by atoms with Crippen LogP contribution in [0.4, 0.5) is 0 Å². The lowest BCUT2D eigenvalue weighted by Gasteiger charge is -2.60. The molecular weight excluding hydrogens is 688 g/mol. The molecule has 8 saturated heterocycles. The van der Waals surface area contributed by atoms with Crippen molar-refractivity contribution >= 4 is 0 Å². The predicted octanol–water partition coefficient (Wildman–Crippen LogP) is 7.62. The SMILES string of the molecule is C[C@@H]1CC[C@H]2[C@@H](C)C(OCCC#Cc3cccc(C#CCCOC4O[C@@H]5O[C@@]6(C)CC[C@H]7[C@H](C)CC[C@@H]([C@H]4C)[C@@]57OO6)c3)O[C@@H]3O[C@@]4(C)CC[C@@H]1[C@]32OO4. The molecule has 0 amide bonds. The van der Waals surface area contributed by atoms with Gasteiger partial charge in [0.2, 0.25) is 11.6 Å². The Morgan fingerprint density at radius 1 is 0.611 bits per heavy atom. The maximum absolute atomic E-state index is 6.55. The molecule has 4 bridgehead atoms. The molecule has 294 valence electrons. The Hall–Kier alpha value is -2.06. The second-order valence-electron chi connectivity index (χ2n) is 18.0. The van der Waals surface area contributed by atoms with Gasteiger partial charge in [-0.15, -0.1) is 0 Å². The van der Waals surface area contributed by atoms with Crippen LogP contribution in [-0.2, 0) is 48.0 Å². The molecule has 10 fully saturated rings. The van der Waals surface area contributed by atoms with Crippen LogP contribution in [0.2, 0.25) is 0 Å². The molecule has 8 heterocycles. The quantitative estimate of drug-likeness (QED) is 0.165. The van der Waals surface area contributed by atoms with E-state index in [2.05, 4.69) is 51.4 Å². The molecule has 8 aliphatic heterocycles. The van der Waals surface area contributed by atoms with Gasteiger partial charge in [0.25, 0.3) is 0 Å². The van der Waals surface area contributed by atoms with E-state index in [1.807, 2.05) is 38.1 Å². The summed E-state index contributed by atoms with van der Waals surface area (Å²) in [5, 5.41) is 0. The summed E-state index contributed by atoms with van der Waals surface area (Å²) in [6.45, 7) is 13.9. The Morgan fingerprint density at radius 3 is 1.54 bits per heavy atom. The molecule has 11 rings (SSSR count). The van der Waals surface area contributed by atoms with Crippen molar-refractivity contribution in [2.75, 3.05) is 13.2 Å². The van der Waals surface area contributed by atoms with Crippen molar-refractivity contribution in [1.29, 1.82) is 0 Å². The van der Waals surface area contributed by atoms with Crippen LogP contribution in [0.25, 0.3) is 0 Å². The third kappa shape index (κ3) is 6.29. The molecule has 2 saturated carbocycles. The topological polar surface area (TPSA) is 92.3 Å². The molecule has 1 aromatic rings. The molecule has 1 aromatic carbocycles. The van der Waals surface area contributed by atoms with Gasteiger partial charge in [-0.05, 0) is 94.2 Å². The molecule has 0 radical (unpaired) electrons. The van der Waals surface area contributed by atoms with E-state index >= 15 is 0 Å². The van der Waals surface area contributed by atoms with Crippen LogP contribution in [0.3, 0.4) is 0 Å². The minimum atomic E-state index is -0.791. The summed E-state index contributed by atoms with van der Waals surface area (Å²) in [6.07, 6.45) is 7.48. The first-order valence-corrected chi connectivity index (χ1v) is 20.7. The number of rotatable bonds is 6. The van der Waals surface area contributed by atoms with E-state index in [1.54, 1.807) is 0 Å². The van der Waals surface area contributed by atoms with Crippen molar-refractivity contribution in [1.82, 2.24) is 0 Å². The van der Waals surface area contributed by atoms with Crippen LogP contribution in [0.5, 0.6) is 0 Å². The fraction of sp³-hybridized carbons (Fsp3) is 0.773. The average Bonchev–Trinajstić information content (AvgIpc) is 3.53. The average molecular weight is 747 g/mol. The Labute approximate surface area is 320 Å². The van der Waals surface area contributed by atoms with E-state index in [1.165, 1.54) is 12.8 Å². The second kappa shape index (κ2) is 14.4. The van der Waals surface area contributed by atoms with Gasteiger partial charge in [0.15, 0.2) is 36.4 Å². The smallest absolute Gasteiger partial charge is 0.201 e. The molecule has 0 aromatic heterocycles. The highest BCUT2D eigenvalue weighted by atomic mass is 17.3. The highest BCUT2D eigenvalue weighted by Gasteiger charge is 2.71. The summed E-state index contributed by atoms with van der Waals surface area (Å²) >= 11 is 0. The van der Waals surface area contributed by atoms with Crippen LogP contribution in [-0.4, -0.2) is 61.2 Å². The Kier molecular flexibility index (Phi) is 10.0. The molecule has 16 atom stereocenters. The summed E-state index contributed by atoms with van der Waals surface area (Å²) < 4.78 is 38.7. The van der Waals surface area contributed by atoms with Gasteiger partial charge in [-0.1, -0.05) is 57.4 Å². The van der Waals surface area contributed by atoms with Crippen molar-refractivity contribution in [2.24, 2.45) is 47.3 Å². The third-order valence-electron chi connectivity index (χ3n) is 14.5. The first-order valence-electron chi connectivity index (χ1n) is 20.7. The van der Waals surface area contributed by atoms with Crippen LogP contribution in [0.1, 0.15) is 117 Å². The first-order chi connectivity index (χ1) is 26.0. The van der Waals surface area contributed by atoms with Crippen molar-refractivity contribution in [3.63, 3.8) is 0 Å². The van der Waals surface area contributed by atoms with Crippen molar-refractivity contribution < 1.29 is 48.0 Å². The fourth-order valence-electron chi connectivity index (χ4n) is 11.6. The number of hydrogen-bond donors (Lipinski definition) is 0. The zero-order chi connectivity index (χ0) is 37.3. The van der Waals surface area contributed by atoms with Gasteiger partial charge >= 0.3 is 0 Å². The van der Waals surface area contributed by atoms with E-state index in [0.717, 1.165) is 49.7 Å². The van der Waals surface area contributed by atoms with Gasteiger partial charge in [0, 0.05) is 60.5 Å². The largest absolute Gasteiger partial charge is 0.351 e. The van der Waals surface area contributed by atoms with Crippen molar-refractivity contribution in [3.8, 4) is 23.7 Å². The molecule has 2 aliphatic carbocycles. The Balaban J connectivity index is 0.763. The summed E-state index contributed by atoms with van der Waals surface area (Å²) in [6, 6.07) is 8.05. The van der Waals surface area contributed by atoms with Gasteiger partial charge in [-0.2, -0.15) is 0 Å². The Bertz CT molecular complexity index is 1560. The third-order valence-corrected chi connectivity index (χ3v) is 14.5. The summed E-state index contributed by atoms with van der Waals surface area (Å²) in [4.78, 5) is 24.4. The normalized spacial score (nSPS) is 48.6. The maximum atomic E-state index is 6.55. The predicted molar refractivity (Wildman–Crippen MR) is 195 cm³/mol. The summed E-state index contributed by atoms with van der Waals surface area (Å²) in [5.41, 5.74) is 0.696. The molecule has 10 aliphatic rings. The highest BCUT2D eigenvalue weighted by molar-refractivity contribution is 5.43. The van der Waals surface area contributed by atoms with E-state index in [9.17, 15) is 0 Å². The molecule has 54 heavy (non-hydrogen) atoms. The molecule has 10 heteroatoms. The van der Waals surface area contributed by atoms with Crippen LogP contribution in [0, 0.1) is 71.0 Å². The number of hydrogen-bond acceptors (Lipinski definition) is 10. The van der Waals surface area contributed by atoms with Gasteiger partial charge in [0.1, 0.15) is 0 Å². The summed E-state index contributed by atoms with van der Waals surface area (Å²) in [7, 11) is 0. The molecular formula is C44H58O10. The molecule has 2 unspecified atom stereocenters. The van der Waals surface area contributed by atoms with E-state index in [4.69, 9.17) is 48.0 Å². The minimum Gasteiger partial charge on any atom is -0.351 e. The van der Waals surface area contributed by atoms with Crippen molar-refractivity contribution in [3.05, 3.63) is 35.4 Å². The number of benzene rings is 1. The minimum absolute atomic E-state index is 0.146. The summed E-state index contributed by atoms with van der Waals surface area (Å²) in [5.74, 6) is 14.1. The van der Waals surface area contributed by atoms with Gasteiger partial charge in [-0.25, -0.2) is 19.6 Å². The molecule has 0 N–H and O–H groups in total. The fourth-order valence-corrected chi connectivity index (χ4v) is 11.6. The lowest BCUT2D eigenvalue weighted by molar-refractivity contribution is -0.577.